The summed E-state index contributed by atoms with van der Waals surface area (Å²) >= 11 is 0. The van der Waals surface area contributed by atoms with Gasteiger partial charge in [0.25, 0.3) is 0 Å². The largest absolute Gasteiger partial charge is 0.476 e. The van der Waals surface area contributed by atoms with Crippen molar-refractivity contribution in [1.29, 1.82) is 0 Å². The van der Waals surface area contributed by atoms with Crippen LogP contribution in [0.3, 0.4) is 0 Å². The van der Waals surface area contributed by atoms with E-state index >= 15 is 0 Å². The molecule has 2 aromatic rings. The maximum Gasteiger partial charge on any atom is 0.358 e. The molecule has 1 aliphatic rings. The van der Waals surface area contributed by atoms with Crippen molar-refractivity contribution in [3.63, 3.8) is 0 Å². The first-order valence-corrected chi connectivity index (χ1v) is 7.95. The third-order valence-electron chi connectivity index (χ3n) is 3.93. The summed E-state index contributed by atoms with van der Waals surface area (Å²) in [6, 6.07) is 6.82. The number of carbonyl (C=O) groups is 2. The monoisotopic (exact) mass is 352 g/mol. The minimum atomic E-state index is -1.14. The van der Waals surface area contributed by atoms with Crippen LogP contribution in [0.2, 0.25) is 0 Å². The SMILES string of the molecule is C#CCCC1(CCC(=O)Nc2ccc(-n3cc(C(=O)O)nn3)cc2)N=N1. The molecule has 1 aromatic heterocycles. The van der Waals surface area contributed by atoms with E-state index in [0.717, 1.165) is 0 Å². The van der Waals surface area contributed by atoms with Crippen LogP contribution in [0, 0.1) is 12.3 Å². The molecule has 0 bridgehead atoms. The van der Waals surface area contributed by atoms with Crippen molar-refractivity contribution in [2.75, 3.05) is 5.32 Å². The number of nitrogens with zero attached hydrogens (tertiary/aromatic N) is 5. The number of carbonyl (C=O) groups excluding carboxylic acids is 1. The Labute approximate surface area is 149 Å². The smallest absolute Gasteiger partial charge is 0.358 e. The lowest BCUT2D eigenvalue weighted by molar-refractivity contribution is -0.116. The van der Waals surface area contributed by atoms with E-state index in [-0.39, 0.29) is 11.6 Å². The molecule has 0 spiro atoms. The fraction of sp³-hybridized carbons (Fsp3) is 0.294. The number of hydrogen-bond acceptors (Lipinski definition) is 6. The average molecular weight is 352 g/mol. The Morgan fingerprint density at radius 3 is 2.54 bits per heavy atom. The van der Waals surface area contributed by atoms with Crippen LogP contribution in [0.4, 0.5) is 5.69 Å². The molecule has 9 nitrogen and oxygen atoms in total. The van der Waals surface area contributed by atoms with E-state index in [2.05, 4.69) is 31.8 Å². The highest BCUT2D eigenvalue weighted by Crippen LogP contribution is 2.37. The zero-order chi connectivity index (χ0) is 18.6. The zero-order valence-corrected chi connectivity index (χ0v) is 13.8. The van der Waals surface area contributed by atoms with Gasteiger partial charge in [0.15, 0.2) is 11.4 Å². The molecule has 3 rings (SSSR count). The Morgan fingerprint density at radius 1 is 1.23 bits per heavy atom. The number of rotatable bonds is 8. The first kappa shape index (κ1) is 17.3. The number of carboxylic acid groups (broad SMARTS) is 1. The third kappa shape index (κ3) is 4.10. The molecule has 26 heavy (non-hydrogen) atoms. The first-order valence-electron chi connectivity index (χ1n) is 7.95. The van der Waals surface area contributed by atoms with Gasteiger partial charge >= 0.3 is 5.97 Å². The van der Waals surface area contributed by atoms with Crippen molar-refractivity contribution < 1.29 is 14.7 Å². The number of amides is 1. The highest BCUT2D eigenvalue weighted by Gasteiger charge is 2.39. The molecule has 0 unspecified atom stereocenters. The van der Waals surface area contributed by atoms with Crippen LogP contribution in [0.5, 0.6) is 0 Å². The molecule has 0 atom stereocenters. The van der Waals surface area contributed by atoms with Gasteiger partial charge in [-0.25, -0.2) is 9.48 Å². The minimum absolute atomic E-state index is 0.135. The number of terminal acetylenes is 1. The predicted molar refractivity (Wildman–Crippen MR) is 91.8 cm³/mol. The van der Waals surface area contributed by atoms with E-state index in [4.69, 9.17) is 11.5 Å². The van der Waals surface area contributed by atoms with Crippen molar-refractivity contribution in [2.45, 2.75) is 31.3 Å². The molecule has 0 aliphatic carbocycles. The van der Waals surface area contributed by atoms with Gasteiger partial charge in [-0.1, -0.05) is 5.21 Å². The summed E-state index contributed by atoms with van der Waals surface area (Å²) < 4.78 is 1.35. The number of benzene rings is 1. The quantitative estimate of drug-likeness (QED) is 0.706. The normalized spacial score (nSPS) is 13.8. The number of aromatic carboxylic acids is 1. The van der Waals surface area contributed by atoms with Crippen molar-refractivity contribution in [1.82, 2.24) is 15.0 Å². The van der Waals surface area contributed by atoms with Gasteiger partial charge in [0, 0.05) is 31.4 Å². The minimum Gasteiger partial charge on any atom is -0.476 e. The van der Waals surface area contributed by atoms with Gasteiger partial charge in [-0.3, -0.25) is 4.79 Å². The first-order chi connectivity index (χ1) is 12.5. The Hall–Kier alpha value is -3.54. The summed E-state index contributed by atoms with van der Waals surface area (Å²) in [6.45, 7) is 0. The molecule has 9 heteroatoms. The van der Waals surface area contributed by atoms with E-state index < -0.39 is 11.6 Å². The third-order valence-corrected chi connectivity index (χ3v) is 3.93. The number of carboxylic acids is 1. The molecule has 2 heterocycles. The number of anilines is 1. The van der Waals surface area contributed by atoms with Crippen LogP contribution in [0.15, 0.2) is 40.7 Å². The summed E-state index contributed by atoms with van der Waals surface area (Å²) in [7, 11) is 0. The lowest BCUT2D eigenvalue weighted by atomic mass is 10.0. The van der Waals surface area contributed by atoms with Crippen LogP contribution < -0.4 is 5.32 Å². The molecule has 2 N–H and O–H groups in total. The summed E-state index contributed by atoms with van der Waals surface area (Å²) in [5.41, 5.74) is 0.645. The Kier molecular flexibility index (Phi) is 4.75. The van der Waals surface area contributed by atoms with Gasteiger partial charge in [0.05, 0.1) is 11.9 Å². The van der Waals surface area contributed by atoms with Gasteiger partial charge in [0.1, 0.15) is 0 Å². The van der Waals surface area contributed by atoms with E-state index in [9.17, 15) is 9.59 Å². The van der Waals surface area contributed by atoms with E-state index in [1.54, 1.807) is 24.3 Å². The fourth-order valence-corrected chi connectivity index (χ4v) is 2.39. The van der Waals surface area contributed by atoms with Crippen LogP contribution in [-0.2, 0) is 4.79 Å². The second-order valence-corrected chi connectivity index (χ2v) is 5.84. The standard InChI is InChI=1S/C17H16N6O3/c1-2-3-9-17(20-21-17)10-8-15(24)18-12-4-6-13(7-5-12)23-11-14(16(25)26)19-22-23/h1,4-7,11H,3,8-10H2,(H,18,24)(H,25,26). The number of hydrogen-bond donors (Lipinski definition) is 2. The Bertz CT molecular complexity index is 888. The summed E-state index contributed by atoms with van der Waals surface area (Å²) in [5, 5.41) is 27.0. The topological polar surface area (TPSA) is 122 Å². The second kappa shape index (κ2) is 7.14. The van der Waals surface area contributed by atoms with Crippen molar-refractivity contribution in [3.05, 3.63) is 36.2 Å². The maximum atomic E-state index is 12.1. The lowest BCUT2D eigenvalue weighted by Crippen LogP contribution is -2.17. The summed E-state index contributed by atoms with van der Waals surface area (Å²) in [4.78, 5) is 22.9. The van der Waals surface area contributed by atoms with Crippen LogP contribution in [0.25, 0.3) is 5.69 Å². The molecule has 1 aliphatic heterocycles. The van der Waals surface area contributed by atoms with Crippen LogP contribution in [-0.4, -0.2) is 37.6 Å². The maximum absolute atomic E-state index is 12.1. The molecule has 1 amide bonds. The molecule has 0 radical (unpaired) electrons. The Balaban J connectivity index is 1.53. The zero-order valence-electron chi connectivity index (χ0n) is 13.8. The highest BCUT2D eigenvalue weighted by atomic mass is 16.4. The fourth-order valence-electron chi connectivity index (χ4n) is 2.39. The van der Waals surface area contributed by atoms with Crippen molar-refractivity contribution >= 4 is 17.6 Å². The van der Waals surface area contributed by atoms with Gasteiger partial charge in [-0.2, -0.15) is 10.2 Å². The number of nitrogens with one attached hydrogen (secondary N) is 1. The molecule has 0 saturated heterocycles. The van der Waals surface area contributed by atoms with E-state index in [1.165, 1.54) is 10.9 Å². The number of aromatic nitrogens is 3. The molecule has 0 saturated carbocycles. The van der Waals surface area contributed by atoms with Crippen LogP contribution in [0.1, 0.15) is 36.2 Å². The molecule has 1 aromatic carbocycles. The second-order valence-electron chi connectivity index (χ2n) is 5.84. The van der Waals surface area contributed by atoms with Crippen molar-refractivity contribution in [3.8, 4) is 18.0 Å². The average Bonchev–Trinajstić information content (AvgIpc) is 3.23. The molecule has 0 fully saturated rings. The molecular formula is C17H16N6O3. The van der Waals surface area contributed by atoms with E-state index in [1.807, 2.05) is 0 Å². The Morgan fingerprint density at radius 2 is 1.96 bits per heavy atom. The predicted octanol–water partition coefficient (Wildman–Crippen LogP) is 2.26. The summed E-state index contributed by atoms with van der Waals surface area (Å²) in [6.07, 6.45) is 8.64. The molecular weight excluding hydrogens is 336 g/mol. The molecule has 132 valence electrons. The van der Waals surface area contributed by atoms with Gasteiger partial charge < -0.3 is 10.4 Å². The van der Waals surface area contributed by atoms with Gasteiger partial charge in [-0.05, 0) is 24.3 Å². The van der Waals surface area contributed by atoms with Gasteiger partial charge in [0.2, 0.25) is 5.91 Å². The highest BCUT2D eigenvalue weighted by molar-refractivity contribution is 5.90. The van der Waals surface area contributed by atoms with E-state index in [0.29, 0.717) is 37.1 Å². The van der Waals surface area contributed by atoms with Gasteiger partial charge in [-0.15, -0.1) is 17.4 Å². The van der Waals surface area contributed by atoms with Crippen LogP contribution >= 0.6 is 0 Å². The summed E-state index contributed by atoms with van der Waals surface area (Å²) in [5.74, 6) is 1.27. The lowest BCUT2D eigenvalue weighted by Gasteiger charge is -2.09. The van der Waals surface area contributed by atoms with Crippen molar-refractivity contribution in [2.24, 2.45) is 10.2 Å².